The van der Waals surface area contributed by atoms with Gasteiger partial charge in [0.2, 0.25) is 0 Å². The Morgan fingerprint density at radius 3 is 2.09 bits per heavy atom. The topological polar surface area (TPSA) is 0 Å². The number of hydrogen-bond acceptors (Lipinski definition) is 0. The third kappa shape index (κ3) is 4.37. The summed E-state index contributed by atoms with van der Waals surface area (Å²) in [5.74, 6) is 0. The third-order valence-corrected chi connectivity index (χ3v) is 8.02. The number of halogens is 2. The Hall–Kier alpha value is -1.66. The normalized spacial score (nSPS) is 13.9. The van der Waals surface area contributed by atoms with Crippen LogP contribution < -0.4 is 35.3 Å². The number of rotatable bonds is 2. The van der Waals surface area contributed by atoms with Gasteiger partial charge in [-0.05, 0) is 0 Å². The molecule has 0 spiro atoms. The predicted molar refractivity (Wildman–Crippen MR) is 133 cm³/mol. The van der Waals surface area contributed by atoms with Crippen molar-refractivity contribution in [1.29, 1.82) is 0 Å². The van der Waals surface area contributed by atoms with E-state index in [1.54, 1.807) is 0 Å². The van der Waals surface area contributed by atoms with Gasteiger partial charge in [0.1, 0.15) is 0 Å². The molecule has 0 unspecified atom stereocenters. The SMILES string of the molecule is CC(C)=c1ccc2c(c1C1=C(c3ccccc3C(C)(C)C)C=CC1)[C]([Zr+2])=c1ccccc1=2.[Cl-].[Cl-]. The maximum atomic E-state index is 2.36. The van der Waals surface area contributed by atoms with Gasteiger partial charge in [0.05, 0.1) is 0 Å². The van der Waals surface area contributed by atoms with E-state index in [-0.39, 0.29) is 30.2 Å². The van der Waals surface area contributed by atoms with Crippen LogP contribution in [0.15, 0.2) is 72.8 Å². The van der Waals surface area contributed by atoms with Crippen LogP contribution in [0.1, 0.15) is 63.3 Å². The molecule has 34 heavy (non-hydrogen) atoms. The van der Waals surface area contributed by atoms with Crippen LogP contribution in [0.2, 0.25) is 0 Å². The minimum absolute atomic E-state index is 0. The quantitative estimate of drug-likeness (QED) is 0.423. The van der Waals surface area contributed by atoms with E-state index in [1.807, 2.05) is 0 Å². The van der Waals surface area contributed by atoms with Crippen LogP contribution in [-0.4, -0.2) is 0 Å². The first-order valence-corrected chi connectivity index (χ1v) is 12.7. The number of benzene rings is 3. The van der Waals surface area contributed by atoms with E-state index in [9.17, 15) is 0 Å². The molecule has 2 aliphatic carbocycles. The minimum atomic E-state index is 0. The van der Waals surface area contributed by atoms with E-state index in [0.29, 0.717) is 0 Å². The summed E-state index contributed by atoms with van der Waals surface area (Å²) in [5, 5.41) is 5.59. The smallest absolute Gasteiger partial charge is 1.00 e. The molecule has 0 radical (unpaired) electrons. The molecule has 171 valence electrons. The minimum Gasteiger partial charge on any atom is -1.00 e. The molecule has 2 aliphatic rings. The van der Waals surface area contributed by atoms with Gasteiger partial charge in [-0.25, -0.2) is 0 Å². The fraction of sp³-hybridized carbons (Fsp3) is 0.226. The molecule has 0 amide bonds. The Morgan fingerprint density at radius 2 is 1.41 bits per heavy atom. The van der Waals surface area contributed by atoms with Gasteiger partial charge in [0, 0.05) is 0 Å². The van der Waals surface area contributed by atoms with Crippen molar-refractivity contribution in [1.82, 2.24) is 0 Å². The second-order valence-electron chi connectivity index (χ2n) is 10.1. The molecule has 3 aromatic rings. The maximum absolute atomic E-state index is 2.36. The number of allylic oxidation sites excluding steroid dienone is 4. The molecule has 0 bridgehead atoms. The van der Waals surface area contributed by atoms with Crippen LogP contribution in [0.3, 0.4) is 0 Å². The van der Waals surface area contributed by atoms with Crippen molar-refractivity contribution in [2.45, 2.75) is 46.5 Å². The Kier molecular flexibility index (Phi) is 8.04. The summed E-state index contributed by atoms with van der Waals surface area (Å²) >= 11 is 1.48. The van der Waals surface area contributed by atoms with E-state index in [4.69, 9.17) is 0 Å². The molecule has 0 aromatic heterocycles. The van der Waals surface area contributed by atoms with Crippen molar-refractivity contribution in [3.63, 3.8) is 0 Å². The number of hydrogen-bond donors (Lipinski definition) is 0. The van der Waals surface area contributed by atoms with Gasteiger partial charge in [-0.3, -0.25) is 0 Å². The fourth-order valence-corrected chi connectivity index (χ4v) is 6.43. The van der Waals surface area contributed by atoms with E-state index >= 15 is 0 Å². The van der Waals surface area contributed by atoms with Gasteiger partial charge in [-0.1, -0.05) is 0 Å². The molecular weight excluding hydrogens is 534 g/mol. The van der Waals surface area contributed by atoms with Crippen LogP contribution >= 0.6 is 0 Å². The summed E-state index contributed by atoms with van der Waals surface area (Å²) in [6, 6.07) is 22.6. The van der Waals surface area contributed by atoms with Crippen LogP contribution in [0.25, 0.3) is 20.0 Å². The van der Waals surface area contributed by atoms with Crippen LogP contribution in [0.5, 0.6) is 0 Å². The zero-order chi connectivity index (χ0) is 22.6. The molecule has 0 fully saturated rings. The van der Waals surface area contributed by atoms with Crippen molar-refractivity contribution in [2.24, 2.45) is 0 Å². The fourth-order valence-electron chi connectivity index (χ4n) is 5.25. The van der Waals surface area contributed by atoms with Gasteiger partial charge in [0.15, 0.2) is 0 Å². The van der Waals surface area contributed by atoms with E-state index in [1.165, 1.54) is 87.8 Å². The van der Waals surface area contributed by atoms with E-state index < -0.39 is 0 Å². The zero-order valence-electron chi connectivity index (χ0n) is 20.4. The summed E-state index contributed by atoms with van der Waals surface area (Å²) in [5.41, 5.74) is 10.1. The molecular formula is C31H29Cl2Zr. The van der Waals surface area contributed by atoms with Gasteiger partial charge < -0.3 is 24.8 Å². The molecule has 0 saturated carbocycles. The Bertz CT molecular complexity index is 1550. The third-order valence-electron chi connectivity index (χ3n) is 6.74. The maximum Gasteiger partial charge on any atom is -1.00 e. The first kappa shape index (κ1) is 26.9. The second kappa shape index (κ2) is 10.1. The molecule has 0 nitrogen and oxygen atoms in total. The van der Waals surface area contributed by atoms with Gasteiger partial charge in [0.25, 0.3) is 0 Å². The molecule has 0 saturated heterocycles. The summed E-state index contributed by atoms with van der Waals surface area (Å²) in [6.45, 7) is 11.5. The van der Waals surface area contributed by atoms with Crippen molar-refractivity contribution >= 4 is 20.0 Å². The average Bonchev–Trinajstić information content (AvgIpc) is 3.36. The van der Waals surface area contributed by atoms with Crippen LogP contribution in [0.4, 0.5) is 0 Å². The summed E-state index contributed by atoms with van der Waals surface area (Å²) in [6.07, 6.45) is 5.70. The summed E-state index contributed by atoms with van der Waals surface area (Å²) in [7, 11) is 0. The predicted octanol–water partition coefficient (Wildman–Crippen LogP) is 0.357. The molecule has 5 rings (SSSR count). The Balaban J connectivity index is 0.00000162. The van der Waals surface area contributed by atoms with Crippen molar-refractivity contribution in [2.75, 3.05) is 0 Å². The van der Waals surface area contributed by atoms with Crippen LogP contribution in [0, 0.1) is 10.4 Å². The Labute approximate surface area is 230 Å². The molecule has 0 atom stereocenters. The molecule has 3 heteroatoms. The number of fused-ring (bicyclic) bond motifs is 2. The van der Waals surface area contributed by atoms with Crippen molar-refractivity contribution in [3.8, 4) is 0 Å². The van der Waals surface area contributed by atoms with E-state index in [0.717, 1.165) is 6.42 Å². The first-order valence-electron chi connectivity index (χ1n) is 11.4. The van der Waals surface area contributed by atoms with Gasteiger partial charge in [-0.15, -0.1) is 0 Å². The average molecular weight is 564 g/mol. The molecule has 3 aromatic carbocycles. The molecule has 0 N–H and O–H groups in total. The van der Waals surface area contributed by atoms with Gasteiger partial charge >= 0.3 is 207 Å². The largest absolute Gasteiger partial charge is 1.00 e. The standard InChI is InChI=1S/C31H29.2ClH.Zr/c1-20(2)22-17-18-25-23-12-7-6-11-21(23)19-28(25)30(22)27-15-10-14-24(27)26-13-8-9-16-29(26)31(3,4)5;;;/h6-14,16-18H,15H2,1-5H3;2*1H;/q;;;+2/p-2. The first-order chi connectivity index (χ1) is 15.3. The zero-order valence-corrected chi connectivity index (χ0v) is 24.4. The van der Waals surface area contributed by atoms with E-state index in [2.05, 4.69) is 107 Å². The molecule has 0 heterocycles. The monoisotopic (exact) mass is 561 g/mol. The Morgan fingerprint density at radius 1 is 0.765 bits per heavy atom. The molecule has 0 aliphatic heterocycles. The van der Waals surface area contributed by atoms with Crippen molar-refractivity contribution < 1.29 is 49.5 Å². The van der Waals surface area contributed by atoms with Crippen molar-refractivity contribution in [3.05, 3.63) is 116 Å². The summed E-state index contributed by atoms with van der Waals surface area (Å²) < 4.78 is 1.49. The summed E-state index contributed by atoms with van der Waals surface area (Å²) in [4.78, 5) is 0. The van der Waals surface area contributed by atoms with Gasteiger partial charge in [-0.2, -0.15) is 0 Å². The second-order valence-corrected chi connectivity index (χ2v) is 11.4. The van der Waals surface area contributed by atoms with Crippen LogP contribution in [-0.2, 0) is 30.1 Å².